The summed E-state index contributed by atoms with van der Waals surface area (Å²) in [5, 5.41) is 3.39. The van der Waals surface area contributed by atoms with E-state index in [1.54, 1.807) is 0 Å². The van der Waals surface area contributed by atoms with Crippen LogP contribution in [0.15, 0.2) is 24.3 Å². The summed E-state index contributed by atoms with van der Waals surface area (Å²) in [7, 11) is 1.93. The average molecular weight is 258 g/mol. The van der Waals surface area contributed by atoms with Crippen molar-refractivity contribution in [2.45, 2.75) is 37.6 Å². The molecule has 1 N–H and O–H groups in total. The lowest BCUT2D eigenvalue weighted by Crippen LogP contribution is -2.29. The summed E-state index contributed by atoms with van der Waals surface area (Å²) in [6.45, 7) is 2.18. The Morgan fingerprint density at radius 2 is 1.95 bits per heavy atom. The highest BCUT2D eigenvalue weighted by atomic mass is 16.2. The van der Waals surface area contributed by atoms with Gasteiger partial charge in [-0.3, -0.25) is 4.79 Å². The summed E-state index contributed by atoms with van der Waals surface area (Å²) in [4.78, 5) is 14.3. The largest absolute Gasteiger partial charge is 0.339 e. The molecule has 3 heteroatoms. The fourth-order valence-corrected chi connectivity index (χ4v) is 2.91. The zero-order chi connectivity index (χ0) is 13.2. The Bertz CT molecular complexity index is 462. The number of hydrogen-bond donors (Lipinski definition) is 1. The minimum atomic E-state index is 0.179. The maximum atomic E-state index is 12.4. The number of hydrogen-bond acceptors (Lipinski definition) is 2. The third-order valence-electron chi connectivity index (χ3n) is 4.36. The molecule has 0 aromatic heterocycles. The summed E-state index contributed by atoms with van der Waals surface area (Å²) in [6.07, 6.45) is 4.68. The molecule has 3 nitrogen and oxygen atoms in total. The molecule has 3 rings (SSSR count). The van der Waals surface area contributed by atoms with E-state index < -0.39 is 0 Å². The Kier molecular flexibility index (Phi) is 3.56. The van der Waals surface area contributed by atoms with Gasteiger partial charge in [0.05, 0.1) is 0 Å². The molecule has 2 aliphatic rings. The highest BCUT2D eigenvalue weighted by molar-refractivity contribution is 5.94. The first-order chi connectivity index (χ1) is 9.25. The molecule has 19 heavy (non-hydrogen) atoms. The molecule has 0 radical (unpaired) electrons. The van der Waals surface area contributed by atoms with Crippen LogP contribution in [0.5, 0.6) is 0 Å². The van der Waals surface area contributed by atoms with E-state index >= 15 is 0 Å². The van der Waals surface area contributed by atoms with Crippen LogP contribution < -0.4 is 5.32 Å². The average Bonchev–Trinajstić information content (AvgIpc) is 3.31. The van der Waals surface area contributed by atoms with Gasteiger partial charge < -0.3 is 10.2 Å². The van der Waals surface area contributed by atoms with E-state index in [4.69, 9.17) is 0 Å². The van der Waals surface area contributed by atoms with Gasteiger partial charge in [-0.15, -0.1) is 0 Å². The summed E-state index contributed by atoms with van der Waals surface area (Å²) < 4.78 is 0. The second-order valence-corrected chi connectivity index (χ2v) is 5.80. The van der Waals surface area contributed by atoms with Gasteiger partial charge in [0.2, 0.25) is 0 Å². The summed E-state index contributed by atoms with van der Waals surface area (Å²) in [5.41, 5.74) is 2.18. The SMILES string of the molecule is CN(C(=O)c1cccc(C2CCNCC2)c1)C1CC1. The molecule has 1 saturated heterocycles. The molecule has 2 fully saturated rings. The number of benzene rings is 1. The highest BCUT2D eigenvalue weighted by Gasteiger charge is 2.30. The predicted octanol–water partition coefficient (Wildman–Crippen LogP) is 2.39. The molecule has 1 saturated carbocycles. The monoisotopic (exact) mass is 258 g/mol. The minimum absolute atomic E-state index is 0.179. The number of piperidine rings is 1. The smallest absolute Gasteiger partial charge is 0.253 e. The predicted molar refractivity (Wildman–Crippen MR) is 76.4 cm³/mol. The van der Waals surface area contributed by atoms with Crippen molar-refractivity contribution in [3.8, 4) is 0 Å². The van der Waals surface area contributed by atoms with Gasteiger partial charge in [-0.25, -0.2) is 0 Å². The van der Waals surface area contributed by atoms with Gasteiger partial charge in [0.1, 0.15) is 0 Å². The van der Waals surface area contributed by atoms with Crippen LogP contribution in [-0.2, 0) is 0 Å². The topological polar surface area (TPSA) is 32.3 Å². The molecule has 1 heterocycles. The van der Waals surface area contributed by atoms with Crippen LogP contribution in [-0.4, -0.2) is 37.0 Å². The highest BCUT2D eigenvalue weighted by Crippen LogP contribution is 2.29. The van der Waals surface area contributed by atoms with Crippen LogP contribution in [0.25, 0.3) is 0 Å². The third kappa shape index (κ3) is 2.81. The van der Waals surface area contributed by atoms with Gasteiger partial charge in [-0.1, -0.05) is 12.1 Å². The Hall–Kier alpha value is -1.35. The van der Waals surface area contributed by atoms with Crippen molar-refractivity contribution in [2.75, 3.05) is 20.1 Å². The van der Waals surface area contributed by atoms with E-state index in [-0.39, 0.29) is 5.91 Å². The van der Waals surface area contributed by atoms with E-state index in [1.807, 2.05) is 24.1 Å². The number of nitrogens with one attached hydrogen (secondary N) is 1. The maximum absolute atomic E-state index is 12.4. The van der Waals surface area contributed by atoms with Crippen molar-refractivity contribution < 1.29 is 4.79 Å². The zero-order valence-corrected chi connectivity index (χ0v) is 11.6. The Morgan fingerprint density at radius 3 is 2.63 bits per heavy atom. The molecular weight excluding hydrogens is 236 g/mol. The second kappa shape index (κ2) is 5.33. The van der Waals surface area contributed by atoms with Crippen molar-refractivity contribution in [2.24, 2.45) is 0 Å². The third-order valence-corrected chi connectivity index (χ3v) is 4.36. The number of amides is 1. The van der Waals surface area contributed by atoms with Gasteiger partial charge in [0.15, 0.2) is 0 Å². The van der Waals surface area contributed by atoms with E-state index in [0.717, 1.165) is 31.5 Å². The van der Waals surface area contributed by atoms with E-state index in [1.165, 1.54) is 18.4 Å². The summed E-state index contributed by atoms with van der Waals surface area (Å²) in [6, 6.07) is 8.74. The van der Waals surface area contributed by atoms with Gasteiger partial charge in [0.25, 0.3) is 5.91 Å². The lowest BCUT2D eigenvalue weighted by molar-refractivity contribution is 0.0785. The molecule has 0 atom stereocenters. The number of carbonyl (C=O) groups is 1. The van der Waals surface area contributed by atoms with Gasteiger partial charge in [-0.2, -0.15) is 0 Å². The van der Waals surface area contributed by atoms with Gasteiger partial charge >= 0.3 is 0 Å². The lowest BCUT2D eigenvalue weighted by atomic mass is 9.89. The molecule has 0 unspecified atom stereocenters. The van der Waals surface area contributed by atoms with Crippen molar-refractivity contribution in [1.29, 1.82) is 0 Å². The molecule has 1 amide bonds. The van der Waals surface area contributed by atoms with Gasteiger partial charge in [-0.05, 0) is 62.4 Å². The standard InChI is InChI=1S/C16H22N2O/c1-18(15-5-6-15)16(19)14-4-2-3-13(11-14)12-7-9-17-10-8-12/h2-4,11-12,15,17H,5-10H2,1H3. The molecule has 1 aliphatic carbocycles. The van der Waals surface area contributed by atoms with Crippen LogP contribution in [0.2, 0.25) is 0 Å². The van der Waals surface area contributed by atoms with E-state index in [2.05, 4.69) is 17.4 Å². The number of carbonyl (C=O) groups excluding carboxylic acids is 1. The Balaban J connectivity index is 1.76. The minimum Gasteiger partial charge on any atom is -0.339 e. The van der Waals surface area contributed by atoms with Crippen molar-refractivity contribution >= 4 is 5.91 Å². The normalized spacial score (nSPS) is 20.3. The van der Waals surface area contributed by atoms with Crippen molar-refractivity contribution in [3.63, 3.8) is 0 Å². The van der Waals surface area contributed by atoms with Crippen LogP contribution >= 0.6 is 0 Å². The fraction of sp³-hybridized carbons (Fsp3) is 0.562. The molecular formula is C16H22N2O. The quantitative estimate of drug-likeness (QED) is 0.903. The Labute approximate surface area is 115 Å². The molecule has 1 aliphatic heterocycles. The number of rotatable bonds is 3. The molecule has 102 valence electrons. The zero-order valence-electron chi connectivity index (χ0n) is 11.6. The van der Waals surface area contributed by atoms with Crippen LogP contribution in [0.4, 0.5) is 0 Å². The lowest BCUT2D eigenvalue weighted by Gasteiger charge is -2.24. The van der Waals surface area contributed by atoms with Crippen LogP contribution in [0.1, 0.15) is 47.5 Å². The van der Waals surface area contributed by atoms with Crippen molar-refractivity contribution in [1.82, 2.24) is 10.2 Å². The summed E-state index contributed by atoms with van der Waals surface area (Å²) >= 11 is 0. The van der Waals surface area contributed by atoms with E-state index in [9.17, 15) is 4.79 Å². The second-order valence-electron chi connectivity index (χ2n) is 5.80. The molecule has 0 spiro atoms. The van der Waals surface area contributed by atoms with E-state index in [0.29, 0.717) is 12.0 Å². The van der Waals surface area contributed by atoms with Gasteiger partial charge in [0, 0.05) is 18.7 Å². The molecule has 1 aromatic carbocycles. The van der Waals surface area contributed by atoms with Crippen LogP contribution in [0.3, 0.4) is 0 Å². The van der Waals surface area contributed by atoms with Crippen LogP contribution in [0, 0.1) is 0 Å². The summed E-state index contributed by atoms with van der Waals surface area (Å²) in [5.74, 6) is 0.790. The first-order valence-corrected chi connectivity index (χ1v) is 7.33. The first-order valence-electron chi connectivity index (χ1n) is 7.33. The fourth-order valence-electron chi connectivity index (χ4n) is 2.91. The maximum Gasteiger partial charge on any atom is 0.253 e. The Morgan fingerprint density at radius 1 is 1.21 bits per heavy atom. The molecule has 0 bridgehead atoms. The first kappa shape index (κ1) is 12.7. The number of nitrogens with zero attached hydrogens (tertiary/aromatic N) is 1. The molecule has 1 aromatic rings. The van der Waals surface area contributed by atoms with Crippen molar-refractivity contribution in [3.05, 3.63) is 35.4 Å².